The van der Waals surface area contributed by atoms with Crippen molar-refractivity contribution in [2.45, 2.75) is 13.8 Å². The number of hydrogen-bond donors (Lipinski definition) is 3. The number of anilines is 1. The third-order valence-corrected chi connectivity index (χ3v) is 2.67. The summed E-state index contributed by atoms with van der Waals surface area (Å²) in [4.78, 5) is 21.1. The highest BCUT2D eigenvalue weighted by Crippen LogP contribution is 2.31. The number of carbonyl (C=O) groups is 2. The molecule has 1 rings (SSSR count). The van der Waals surface area contributed by atoms with Crippen LogP contribution in [0.2, 0.25) is 0 Å². The molecule has 3 N–H and O–H groups in total. The number of phenols is 1. The number of nitrogens with zero attached hydrogens (tertiary/aromatic N) is 1. The van der Waals surface area contributed by atoms with E-state index in [2.05, 4.69) is 6.58 Å². The van der Waals surface area contributed by atoms with Gasteiger partial charge in [0.1, 0.15) is 5.57 Å². The molecule has 0 bridgehead atoms. The first kappa shape index (κ1) is 19.4. The lowest BCUT2D eigenvalue weighted by atomic mass is 10.2. The Labute approximate surface area is 125 Å². The minimum Gasteiger partial charge on any atom is -0.503 e. The van der Waals surface area contributed by atoms with Crippen molar-refractivity contribution in [1.82, 2.24) is 0 Å². The van der Waals surface area contributed by atoms with Crippen molar-refractivity contribution in [3.63, 3.8) is 0 Å². The number of aromatic hydroxyl groups is 1. The molecule has 0 aliphatic rings. The van der Waals surface area contributed by atoms with Gasteiger partial charge in [-0.25, -0.2) is 14.0 Å². The second-order valence-corrected chi connectivity index (χ2v) is 3.99. The molecule has 0 atom stereocenters. The van der Waals surface area contributed by atoms with Gasteiger partial charge in [-0.2, -0.15) is 4.39 Å². The molecule has 0 radical (unpaired) electrons. The summed E-state index contributed by atoms with van der Waals surface area (Å²) in [6.07, 6.45) is 0. The third kappa shape index (κ3) is 5.04. The zero-order valence-electron chi connectivity index (χ0n) is 12.1. The zero-order chi connectivity index (χ0) is 17.4. The lowest BCUT2D eigenvalue weighted by Gasteiger charge is -2.22. The fourth-order valence-corrected chi connectivity index (χ4v) is 1.44. The van der Waals surface area contributed by atoms with Gasteiger partial charge < -0.3 is 20.2 Å². The summed E-state index contributed by atoms with van der Waals surface area (Å²) in [6.45, 7) is 7.78. The van der Waals surface area contributed by atoms with Gasteiger partial charge in [0.25, 0.3) is 0 Å². The maximum absolute atomic E-state index is 13.0. The smallest absolute Gasteiger partial charge is 0.342 e. The molecule has 22 heavy (non-hydrogen) atoms. The standard InChI is InChI=1S/C10H13F2NO.C4H4O4/c1-3-13(4-2)8-6-5-7(11)9(12)10(8)14;1-2(3(5)6)4(7)8/h5-6,14H,3-4H2,1-2H3;1H2,(H,5,6)(H,7,8). The second-order valence-electron chi connectivity index (χ2n) is 3.99. The molecule has 6 nitrogen and oxygen atoms in total. The van der Waals surface area contributed by atoms with Crippen molar-refractivity contribution < 1.29 is 33.7 Å². The summed E-state index contributed by atoms with van der Waals surface area (Å²) >= 11 is 0. The Kier molecular flexibility index (Phi) is 7.57. The summed E-state index contributed by atoms with van der Waals surface area (Å²) in [7, 11) is 0. The van der Waals surface area contributed by atoms with E-state index < -0.39 is 34.9 Å². The summed E-state index contributed by atoms with van der Waals surface area (Å²) in [5, 5.41) is 25.1. The number of carboxylic acids is 2. The number of halogens is 2. The zero-order valence-corrected chi connectivity index (χ0v) is 12.1. The van der Waals surface area contributed by atoms with Gasteiger partial charge >= 0.3 is 11.9 Å². The maximum atomic E-state index is 13.0. The van der Waals surface area contributed by atoms with Crippen molar-refractivity contribution >= 4 is 17.6 Å². The van der Waals surface area contributed by atoms with Gasteiger partial charge in [0.05, 0.1) is 5.69 Å². The van der Waals surface area contributed by atoms with Crippen LogP contribution in [0.1, 0.15) is 13.8 Å². The van der Waals surface area contributed by atoms with E-state index >= 15 is 0 Å². The summed E-state index contributed by atoms with van der Waals surface area (Å²) in [5.74, 6) is -5.84. The minimum atomic E-state index is -1.50. The van der Waals surface area contributed by atoms with E-state index in [1.165, 1.54) is 6.07 Å². The quantitative estimate of drug-likeness (QED) is 0.438. The van der Waals surface area contributed by atoms with Crippen LogP contribution in [0.25, 0.3) is 0 Å². The van der Waals surface area contributed by atoms with E-state index in [1.54, 1.807) is 4.90 Å². The van der Waals surface area contributed by atoms with Crippen LogP contribution in [0.5, 0.6) is 5.75 Å². The highest BCUT2D eigenvalue weighted by atomic mass is 19.2. The fraction of sp³-hybridized carbons (Fsp3) is 0.286. The number of rotatable bonds is 5. The van der Waals surface area contributed by atoms with Gasteiger partial charge in [0.15, 0.2) is 11.6 Å². The van der Waals surface area contributed by atoms with Gasteiger partial charge in [-0.1, -0.05) is 6.58 Å². The van der Waals surface area contributed by atoms with E-state index in [1.807, 2.05) is 13.8 Å². The van der Waals surface area contributed by atoms with Crippen molar-refractivity contribution in [2.24, 2.45) is 0 Å². The normalized spacial score (nSPS) is 9.45. The Morgan fingerprint density at radius 3 is 1.91 bits per heavy atom. The molecule has 0 saturated carbocycles. The van der Waals surface area contributed by atoms with E-state index in [9.17, 15) is 23.5 Å². The Bertz CT molecular complexity index is 555. The lowest BCUT2D eigenvalue weighted by molar-refractivity contribution is -0.140. The fourth-order valence-electron chi connectivity index (χ4n) is 1.44. The lowest BCUT2D eigenvalue weighted by Crippen LogP contribution is -2.22. The van der Waals surface area contributed by atoms with Crippen LogP contribution in [0, 0.1) is 11.6 Å². The van der Waals surface area contributed by atoms with Crippen LogP contribution in [-0.4, -0.2) is 40.3 Å². The summed E-state index contributed by atoms with van der Waals surface area (Å²) in [6, 6.07) is 2.39. The molecule has 1 aromatic rings. The van der Waals surface area contributed by atoms with Crippen molar-refractivity contribution in [1.29, 1.82) is 0 Å². The molecule has 8 heteroatoms. The molecule has 1 aromatic carbocycles. The third-order valence-electron chi connectivity index (χ3n) is 2.67. The highest BCUT2D eigenvalue weighted by molar-refractivity contribution is 6.11. The van der Waals surface area contributed by atoms with E-state index in [0.717, 1.165) is 6.07 Å². The van der Waals surface area contributed by atoms with Gasteiger partial charge in [-0.05, 0) is 26.0 Å². The minimum absolute atomic E-state index is 0.328. The number of aliphatic carboxylic acids is 2. The first-order chi connectivity index (χ1) is 10.2. The first-order valence-electron chi connectivity index (χ1n) is 6.24. The monoisotopic (exact) mass is 317 g/mol. The van der Waals surface area contributed by atoms with Crippen LogP contribution < -0.4 is 4.90 Å². The molecule has 0 heterocycles. The Morgan fingerprint density at radius 2 is 1.59 bits per heavy atom. The first-order valence-corrected chi connectivity index (χ1v) is 6.24. The average Bonchev–Trinajstić information content (AvgIpc) is 2.47. The molecule has 0 saturated heterocycles. The molecule has 0 aromatic heterocycles. The number of phenolic OH excluding ortho intramolecular Hbond substituents is 1. The largest absolute Gasteiger partial charge is 0.503 e. The number of carboxylic acid groups (broad SMARTS) is 2. The van der Waals surface area contributed by atoms with Gasteiger partial charge in [0, 0.05) is 13.1 Å². The molecular weight excluding hydrogens is 300 g/mol. The maximum Gasteiger partial charge on any atom is 0.342 e. The van der Waals surface area contributed by atoms with Crippen LogP contribution in [0.15, 0.2) is 24.3 Å². The van der Waals surface area contributed by atoms with Gasteiger partial charge in [0.2, 0.25) is 5.82 Å². The van der Waals surface area contributed by atoms with Crippen molar-refractivity contribution in [3.8, 4) is 5.75 Å². The summed E-state index contributed by atoms with van der Waals surface area (Å²) < 4.78 is 25.6. The summed E-state index contributed by atoms with van der Waals surface area (Å²) in [5.41, 5.74) is -0.487. The molecule has 0 aliphatic heterocycles. The molecule has 0 unspecified atom stereocenters. The topological polar surface area (TPSA) is 98.1 Å². The van der Waals surface area contributed by atoms with Crippen LogP contribution in [-0.2, 0) is 9.59 Å². The van der Waals surface area contributed by atoms with Crippen LogP contribution >= 0.6 is 0 Å². The van der Waals surface area contributed by atoms with Gasteiger partial charge in [-0.3, -0.25) is 0 Å². The highest BCUT2D eigenvalue weighted by Gasteiger charge is 2.15. The Morgan fingerprint density at radius 1 is 1.14 bits per heavy atom. The predicted molar refractivity (Wildman–Crippen MR) is 76.0 cm³/mol. The number of hydrogen-bond acceptors (Lipinski definition) is 4. The molecular formula is C14H17F2NO5. The molecule has 0 aliphatic carbocycles. The molecule has 122 valence electrons. The van der Waals surface area contributed by atoms with E-state index in [4.69, 9.17) is 10.2 Å². The van der Waals surface area contributed by atoms with Gasteiger partial charge in [-0.15, -0.1) is 0 Å². The molecule has 0 fully saturated rings. The van der Waals surface area contributed by atoms with Crippen molar-refractivity contribution in [2.75, 3.05) is 18.0 Å². The molecule has 0 spiro atoms. The second kappa shape index (κ2) is 8.60. The van der Waals surface area contributed by atoms with Crippen LogP contribution in [0.3, 0.4) is 0 Å². The Hall–Kier alpha value is -2.64. The SMILES string of the molecule is C=C(C(=O)O)C(=O)O.CCN(CC)c1ccc(F)c(F)c1O. The predicted octanol–water partition coefficient (Wildman–Crippen LogP) is 2.23. The number of benzene rings is 1. The van der Waals surface area contributed by atoms with Crippen LogP contribution in [0.4, 0.5) is 14.5 Å². The van der Waals surface area contributed by atoms with Crippen molar-refractivity contribution in [3.05, 3.63) is 35.9 Å². The molecule has 0 amide bonds. The average molecular weight is 317 g/mol. The van der Waals surface area contributed by atoms with E-state index in [0.29, 0.717) is 18.8 Å². The van der Waals surface area contributed by atoms with E-state index in [-0.39, 0.29) is 0 Å². The Balaban J connectivity index is 0.000000472.